The molecular formula is C12H15N3. The summed E-state index contributed by atoms with van der Waals surface area (Å²) < 4.78 is 1.82. The van der Waals surface area contributed by atoms with Crippen LogP contribution in [0, 0.1) is 20.8 Å². The molecule has 0 atom stereocenters. The van der Waals surface area contributed by atoms with Crippen LogP contribution in [0.4, 0.5) is 0 Å². The van der Waals surface area contributed by atoms with Crippen molar-refractivity contribution in [2.45, 2.75) is 20.8 Å². The van der Waals surface area contributed by atoms with Gasteiger partial charge in [0.05, 0.1) is 11.4 Å². The molecule has 0 amide bonds. The summed E-state index contributed by atoms with van der Waals surface area (Å²) in [4.78, 5) is 4.53. The molecule has 2 aromatic rings. The number of rotatable bonds is 1. The Kier molecular flexibility index (Phi) is 2.31. The zero-order chi connectivity index (χ0) is 11.0. The highest BCUT2D eigenvalue weighted by atomic mass is 15.2. The van der Waals surface area contributed by atoms with Gasteiger partial charge in [-0.05, 0) is 38.5 Å². The third-order valence-electron chi connectivity index (χ3n) is 2.39. The number of aryl methyl sites for hydroxylation is 4. The van der Waals surface area contributed by atoms with Crippen molar-refractivity contribution in [3.05, 3.63) is 35.3 Å². The molecule has 0 spiro atoms. The third kappa shape index (κ3) is 1.91. The van der Waals surface area contributed by atoms with Gasteiger partial charge < -0.3 is 0 Å². The van der Waals surface area contributed by atoms with E-state index in [2.05, 4.69) is 29.1 Å². The van der Waals surface area contributed by atoms with E-state index >= 15 is 0 Å². The Labute approximate surface area is 89.8 Å². The van der Waals surface area contributed by atoms with Crippen molar-refractivity contribution in [2.24, 2.45) is 7.05 Å². The van der Waals surface area contributed by atoms with Crippen molar-refractivity contribution in [2.75, 3.05) is 0 Å². The van der Waals surface area contributed by atoms with E-state index < -0.39 is 0 Å². The van der Waals surface area contributed by atoms with Crippen LogP contribution in [-0.2, 0) is 7.05 Å². The van der Waals surface area contributed by atoms with E-state index in [9.17, 15) is 0 Å². The minimum atomic E-state index is 1.01. The molecule has 3 heteroatoms. The fourth-order valence-corrected chi connectivity index (χ4v) is 1.83. The van der Waals surface area contributed by atoms with Gasteiger partial charge in [0.25, 0.3) is 0 Å². The zero-order valence-corrected chi connectivity index (χ0v) is 9.57. The number of nitrogens with zero attached hydrogens (tertiary/aromatic N) is 3. The third-order valence-corrected chi connectivity index (χ3v) is 2.39. The van der Waals surface area contributed by atoms with Gasteiger partial charge in [0.1, 0.15) is 0 Å². The Morgan fingerprint density at radius 1 is 1.13 bits per heavy atom. The fourth-order valence-electron chi connectivity index (χ4n) is 1.83. The molecule has 2 heterocycles. The van der Waals surface area contributed by atoms with E-state index in [4.69, 9.17) is 0 Å². The molecule has 0 saturated carbocycles. The smallest absolute Gasteiger partial charge is 0.0742 e. The lowest BCUT2D eigenvalue weighted by Gasteiger charge is -2.02. The summed E-state index contributed by atoms with van der Waals surface area (Å²) in [5, 5.41) is 4.32. The first-order chi connectivity index (χ1) is 7.06. The minimum absolute atomic E-state index is 1.01. The Balaban J connectivity index is 2.58. The highest BCUT2D eigenvalue weighted by Gasteiger charge is 2.07. The van der Waals surface area contributed by atoms with Gasteiger partial charge in [-0.15, -0.1) is 0 Å². The lowest BCUT2D eigenvalue weighted by Crippen LogP contribution is -1.89. The van der Waals surface area contributed by atoms with Crippen LogP contribution >= 0.6 is 0 Å². The molecule has 2 aromatic heterocycles. The second-order valence-corrected chi connectivity index (χ2v) is 3.97. The molecule has 0 fully saturated rings. The van der Waals surface area contributed by atoms with Crippen LogP contribution in [0.3, 0.4) is 0 Å². The summed E-state index contributed by atoms with van der Waals surface area (Å²) in [6, 6.07) is 4.17. The van der Waals surface area contributed by atoms with Crippen LogP contribution in [0.25, 0.3) is 11.3 Å². The standard InChI is InChI=1S/C12H15N3/c1-8-5-9(2)13-12(6-8)11-7-15(4)14-10(11)3/h5-7H,1-4H3. The quantitative estimate of drug-likeness (QED) is 0.709. The number of hydrogen-bond donors (Lipinski definition) is 0. The van der Waals surface area contributed by atoms with E-state index in [1.54, 1.807) is 0 Å². The van der Waals surface area contributed by atoms with Crippen LogP contribution in [-0.4, -0.2) is 14.8 Å². The first-order valence-electron chi connectivity index (χ1n) is 5.02. The van der Waals surface area contributed by atoms with Crippen molar-refractivity contribution < 1.29 is 0 Å². The van der Waals surface area contributed by atoms with Gasteiger partial charge >= 0.3 is 0 Å². The van der Waals surface area contributed by atoms with Crippen LogP contribution in [0.1, 0.15) is 17.0 Å². The Morgan fingerprint density at radius 3 is 2.40 bits per heavy atom. The summed E-state index contributed by atoms with van der Waals surface area (Å²) in [5.74, 6) is 0. The average Bonchev–Trinajstić information content (AvgIpc) is 2.43. The van der Waals surface area contributed by atoms with Crippen molar-refractivity contribution in [1.82, 2.24) is 14.8 Å². The Morgan fingerprint density at radius 2 is 1.87 bits per heavy atom. The maximum Gasteiger partial charge on any atom is 0.0742 e. The molecule has 0 aliphatic heterocycles. The van der Waals surface area contributed by atoms with Crippen LogP contribution in [0.15, 0.2) is 18.3 Å². The molecule has 0 aliphatic rings. The van der Waals surface area contributed by atoms with E-state index in [-0.39, 0.29) is 0 Å². The SMILES string of the molecule is Cc1cc(C)nc(-c2cn(C)nc2C)c1. The topological polar surface area (TPSA) is 30.7 Å². The molecule has 0 radical (unpaired) electrons. The predicted octanol–water partition coefficient (Wildman–Crippen LogP) is 2.41. The normalized spacial score (nSPS) is 10.7. The van der Waals surface area contributed by atoms with E-state index in [1.807, 2.05) is 31.8 Å². The second kappa shape index (κ2) is 3.50. The first-order valence-corrected chi connectivity index (χ1v) is 5.02. The Hall–Kier alpha value is -1.64. The lowest BCUT2D eigenvalue weighted by atomic mass is 10.1. The van der Waals surface area contributed by atoms with Crippen molar-refractivity contribution >= 4 is 0 Å². The van der Waals surface area contributed by atoms with Gasteiger partial charge in [-0.2, -0.15) is 5.10 Å². The van der Waals surface area contributed by atoms with Crippen LogP contribution in [0.5, 0.6) is 0 Å². The summed E-state index contributed by atoms with van der Waals surface area (Å²) in [7, 11) is 1.93. The summed E-state index contributed by atoms with van der Waals surface area (Å²) in [6.45, 7) is 6.11. The monoisotopic (exact) mass is 201 g/mol. The van der Waals surface area contributed by atoms with Crippen molar-refractivity contribution in [3.8, 4) is 11.3 Å². The molecule has 0 N–H and O–H groups in total. The number of pyridine rings is 1. The minimum Gasteiger partial charge on any atom is -0.275 e. The molecule has 78 valence electrons. The lowest BCUT2D eigenvalue weighted by molar-refractivity contribution is 0.756. The molecule has 15 heavy (non-hydrogen) atoms. The summed E-state index contributed by atoms with van der Waals surface area (Å²) >= 11 is 0. The van der Waals surface area contributed by atoms with Crippen LogP contribution in [0.2, 0.25) is 0 Å². The van der Waals surface area contributed by atoms with Crippen LogP contribution < -0.4 is 0 Å². The molecule has 0 aromatic carbocycles. The van der Waals surface area contributed by atoms with Gasteiger partial charge in [-0.25, -0.2) is 0 Å². The van der Waals surface area contributed by atoms with Gasteiger partial charge in [0.15, 0.2) is 0 Å². The summed E-state index contributed by atoms with van der Waals surface area (Å²) in [5.41, 5.74) is 5.44. The Bertz CT molecular complexity index is 477. The zero-order valence-electron chi connectivity index (χ0n) is 9.57. The van der Waals surface area contributed by atoms with E-state index in [0.717, 1.165) is 22.6 Å². The molecule has 0 aliphatic carbocycles. The fraction of sp³-hybridized carbons (Fsp3) is 0.333. The van der Waals surface area contributed by atoms with E-state index in [1.165, 1.54) is 5.56 Å². The van der Waals surface area contributed by atoms with Gasteiger partial charge in [-0.3, -0.25) is 9.67 Å². The number of aromatic nitrogens is 3. The van der Waals surface area contributed by atoms with E-state index in [0.29, 0.717) is 0 Å². The molecule has 0 saturated heterocycles. The molecule has 0 bridgehead atoms. The maximum atomic E-state index is 4.53. The number of hydrogen-bond acceptors (Lipinski definition) is 2. The van der Waals surface area contributed by atoms with Gasteiger partial charge in [-0.1, -0.05) is 0 Å². The van der Waals surface area contributed by atoms with Gasteiger partial charge in [0.2, 0.25) is 0 Å². The summed E-state index contributed by atoms with van der Waals surface area (Å²) in [6.07, 6.45) is 2.01. The van der Waals surface area contributed by atoms with Gasteiger partial charge in [0, 0.05) is 24.5 Å². The molecular weight excluding hydrogens is 186 g/mol. The largest absolute Gasteiger partial charge is 0.275 e. The maximum absolute atomic E-state index is 4.53. The highest BCUT2D eigenvalue weighted by Crippen LogP contribution is 2.21. The van der Waals surface area contributed by atoms with Crippen molar-refractivity contribution in [3.63, 3.8) is 0 Å². The highest BCUT2D eigenvalue weighted by molar-refractivity contribution is 5.61. The second-order valence-electron chi connectivity index (χ2n) is 3.97. The molecule has 0 unspecified atom stereocenters. The average molecular weight is 201 g/mol. The first kappa shape index (κ1) is 9.90. The molecule has 2 rings (SSSR count). The molecule has 3 nitrogen and oxygen atoms in total. The predicted molar refractivity (Wildman–Crippen MR) is 60.7 cm³/mol. The van der Waals surface area contributed by atoms with Crippen molar-refractivity contribution in [1.29, 1.82) is 0 Å².